The fourth-order valence-corrected chi connectivity index (χ4v) is 4.95. The molecule has 10 heteroatoms. The zero-order valence-corrected chi connectivity index (χ0v) is 19.2. The Morgan fingerprint density at radius 1 is 1.19 bits per heavy atom. The Labute approximate surface area is 186 Å². The van der Waals surface area contributed by atoms with E-state index in [1.54, 1.807) is 26.0 Å². The number of H-pyrrole nitrogens is 1. The molecule has 1 fully saturated rings. The van der Waals surface area contributed by atoms with Crippen LogP contribution < -0.4 is 20.7 Å². The predicted octanol–water partition coefficient (Wildman–Crippen LogP) is 2.49. The van der Waals surface area contributed by atoms with Crippen molar-refractivity contribution < 1.29 is 17.5 Å². The Balaban J connectivity index is 1.51. The van der Waals surface area contributed by atoms with E-state index in [1.807, 2.05) is 0 Å². The van der Waals surface area contributed by atoms with Crippen molar-refractivity contribution in [2.24, 2.45) is 5.92 Å². The van der Waals surface area contributed by atoms with Gasteiger partial charge in [-0.2, -0.15) is 0 Å². The molecule has 1 aliphatic rings. The molecule has 1 aromatic heterocycles. The average Bonchev–Trinajstić information content (AvgIpc) is 3.52. The van der Waals surface area contributed by atoms with Crippen molar-refractivity contribution in [3.05, 3.63) is 62.7 Å². The second-order valence-corrected chi connectivity index (χ2v) is 10.7. The standard InChI is InChI=1S/C22H30FN3O5S/c1-22(2,17-8-9-18(23)19(14-17)31-15-16-6-7-16)25-32(29,30)13-5-3-4-11-26-12-10-20(27)24-21(26)28/h8-10,12,14,16,25H,3-7,11,13,15H2,1-2H3,(H,24,27,28). The fourth-order valence-electron chi connectivity index (χ4n) is 3.36. The van der Waals surface area contributed by atoms with Crippen molar-refractivity contribution in [3.8, 4) is 5.75 Å². The quantitative estimate of drug-likeness (QED) is 0.466. The number of sulfonamides is 1. The summed E-state index contributed by atoms with van der Waals surface area (Å²) < 4.78 is 48.9. The van der Waals surface area contributed by atoms with Gasteiger partial charge in [-0.25, -0.2) is 22.3 Å². The number of rotatable bonds is 12. The highest BCUT2D eigenvalue weighted by Crippen LogP contribution is 2.32. The maximum absolute atomic E-state index is 14.1. The van der Waals surface area contributed by atoms with Gasteiger partial charge in [0.05, 0.1) is 17.9 Å². The molecule has 0 aliphatic heterocycles. The Morgan fingerprint density at radius 2 is 1.94 bits per heavy atom. The number of aromatic nitrogens is 2. The summed E-state index contributed by atoms with van der Waals surface area (Å²) in [5.41, 5.74) is -1.25. The molecule has 8 nitrogen and oxygen atoms in total. The van der Waals surface area contributed by atoms with Gasteiger partial charge >= 0.3 is 5.69 Å². The van der Waals surface area contributed by atoms with E-state index in [1.165, 1.54) is 22.9 Å². The van der Waals surface area contributed by atoms with Crippen molar-refractivity contribution in [1.29, 1.82) is 0 Å². The summed E-state index contributed by atoms with van der Waals surface area (Å²) in [6.07, 6.45) is 5.23. The number of hydrogen-bond acceptors (Lipinski definition) is 5. The molecular formula is C22H30FN3O5S. The highest BCUT2D eigenvalue weighted by molar-refractivity contribution is 7.89. The second kappa shape index (κ2) is 9.99. The first kappa shape index (κ1) is 24.2. The third kappa shape index (κ3) is 7.03. The third-order valence-electron chi connectivity index (χ3n) is 5.44. The van der Waals surface area contributed by atoms with Crippen LogP contribution in [0.15, 0.2) is 40.1 Å². The van der Waals surface area contributed by atoms with Gasteiger partial charge in [0.2, 0.25) is 10.0 Å². The first-order valence-corrected chi connectivity index (χ1v) is 12.5. The molecule has 1 saturated carbocycles. The molecule has 0 saturated heterocycles. The Hall–Kier alpha value is -2.46. The first-order valence-electron chi connectivity index (χ1n) is 10.8. The maximum atomic E-state index is 14.1. The molecule has 0 unspecified atom stereocenters. The van der Waals surface area contributed by atoms with Gasteiger partial charge in [0.25, 0.3) is 5.56 Å². The van der Waals surface area contributed by atoms with Gasteiger partial charge in [0.15, 0.2) is 11.6 Å². The zero-order chi connectivity index (χ0) is 23.4. The topological polar surface area (TPSA) is 110 Å². The summed E-state index contributed by atoms with van der Waals surface area (Å²) in [4.78, 5) is 24.9. The van der Waals surface area contributed by atoms with Crippen LogP contribution in [0.1, 0.15) is 51.5 Å². The number of halogens is 1. The van der Waals surface area contributed by atoms with Crippen LogP contribution in [0.3, 0.4) is 0 Å². The third-order valence-corrected chi connectivity index (χ3v) is 7.09. The number of hydrogen-bond donors (Lipinski definition) is 2. The van der Waals surface area contributed by atoms with Crippen LogP contribution in [0.5, 0.6) is 5.75 Å². The van der Waals surface area contributed by atoms with E-state index in [4.69, 9.17) is 4.74 Å². The summed E-state index contributed by atoms with van der Waals surface area (Å²) in [6.45, 7) is 4.32. The molecule has 3 rings (SSSR count). The van der Waals surface area contributed by atoms with E-state index in [9.17, 15) is 22.4 Å². The lowest BCUT2D eigenvalue weighted by Crippen LogP contribution is -2.42. The van der Waals surface area contributed by atoms with Crippen LogP contribution in [-0.2, 0) is 22.1 Å². The zero-order valence-electron chi connectivity index (χ0n) is 18.4. The molecule has 1 heterocycles. The minimum atomic E-state index is -3.59. The monoisotopic (exact) mass is 467 g/mol. The number of aryl methyl sites for hydroxylation is 1. The predicted molar refractivity (Wildman–Crippen MR) is 120 cm³/mol. The molecule has 1 aromatic carbocycles. The van der Waals surface area contributed by atoms with Crippen LogP contribution in [0.2, 0.25) is 0 Å². The van der Waals surface area contributed by atoms with Crippen LogP contribution in [0.25, 0.3) is 0 Å². The van der Waals surface area contributed by atoms with Crippen molar-refractivity contribution in [2.75, 3.05) is 12.4 Å². The number of ether oxygens (including phenoxy) is 1. The Morgan fingerprint density at radius 3 is 2.62 bits per heavy atom. The van der Waals surface area contributed by atoms with E-state index < -0.39 is 32.6 Å². The minimum Gasteiger partial charge on any atom is -0.490 e. The van der Waals surface area contributed by atoms with Crippen LogP contribution in [-0.4, -0.2) is 30.3 Å². The van der Waals surface area contributed by atoms with E-state index in [2.05, 4.69) is 9.71 Å². The summed E-state index contributed by atoms with van der Waals surface area (Å²) in [7, 11) is -3.59. The van der Waals surface area contributed by atoms with Crippen LogP contribution >= 0.6 is 0 Å². The highest BCUT2D eigenvalue weighted by atomic mass is 32.2. The number of nitrogens with zero attached hydrogens (tertiary/aromatic N) is 1. The summed E-state index contributed by atoms with van der Waals surface area (Å²) >= 11 is 0. The largest absolute Gasteiger partial charge is 0.490 e. The summed E-state index contributed by atoms with van der Waals surface area (Å²) in [5, 5.41) is 0. The van der Waals surface area contributed by atoms with Crippen LogP contribution in [0, 0.1) is 11.7 Å². The van der Waals surface area contributed by atoms with Gasteiger partial charge in [-0.15, -0.1) is 0 Å². The molecule has 1 aliphatic carbocycles. The maximum Gasteiger partial charge on any atom is 0.328 e. The molecule has 0 radical (unpaired) electrons. The molecule has 2 N–H and O–H groups in total. The lowest BCUT2D eigenvalue weighted by molar-refractivity contribution is 0.284. The smallest absolute Gasteiger partial charge is 0.328 e. The lowest BCUT2D eigenvalue weighted by atomic mass is 9.95. The summed E-state index contributed by atoms with van der Waals surface area (Å²) in [6, 6.07) is 5.69. The fraction of sp³-hybridized carbons (Fsp3) is 0.545. The van der Waals surface area contributed by atoms with E-state index >= 15 is 0 Å². The minimum absolute atomic E-state index is 0.0663. The average molecular weight is 468 g/mol. The number of unbranched alkanes of at least 4 members (excludes halogenated alkanes) is 2. The van der Waals surface area contributed by atoms with Crippen molar-refractivity contribution in [1.82, 2.24) is 14.3 Å². The van der Waals surface area contributed by atoms with Crippen LogP contribution in [0.4, 0.5) is 4.39 Å². The molecule has 0 spiro atoms. The summed E-state index contributed by atoms with van der Waals surface area (Å²) in [5.74, 6) is 0.0876. The number of nitrogens with one attached hydrogen (secondary N) is 2. The van der Waals surface area contributed by atoms with Gasteiger partial charge in [-0.1, -0.05) is 12.5 Å². The highest BCUT2D eigenvalue weighted by Gasteiger charge is 2.28. The number of benzene rings is 1. The lowest BCUT2D eigenvalue weighted by Gasteiger charge is -2.27. The molecule has 0 bridgehead atoms. The van der Waals surface area contributed by atoms with Gasteiger partial charge in [-0.05, 0) is 63.1 Å². The molecule has 0 atom stereocenters. The van der Waals surface area contributed by atoms with Gasteiger partial charge in [0.1, 0.15) is 0 Å². The molecule has 32 heavy (non-hydrogen) atoms. The SMILES string of the molecule is CC(C)(NS(=O)(=O)CCCCCn1ccc(=O)[nH]c1=O)c1ccc(F)c(OCC2CC2)c1. The van der Waals surface area contributed by atoms with Gasteiger partial charge in [0, 0.05) is 18.8 Å². The van der Waals surface area contributed by atoms with E-state index in [0.29, 0.717) is 43.9 Å². The molecule has 2 aromatic rings. The molecule has 176 valence electrons. The van der Waals surface area contributed by atoms with Gasteiger partial charge < -0.3 is 9.30 Å². The normalized spacial score (nSPS) is 14.5. The van der Waals surface area contributed by atoms with E-state index in [0.717, 1.165) is 12.8 Å². The van der Waals surface area contributed by atoms with Crippen molar-refractivity contribution >= 4 is 10.0 Å². The van der Waals surface area contributed by atoms with E-state index in [-0.39, 0.29) is 11.5 Å². The Kier molecular flexibility index (Phi) is 7.55. The first-order chi connectivity index (χ1) is 15.1. The second-order valence-electron chi connectivity index (χ2n) is 8.81. The Bertz CT molecular complexity index is 1150. The molecular weight excluding hydrogens is 437 g/mol. The number of aromatic amines is 1. The van der Waals surface area contributed by atoms with Gasteiger partial charge in [-0.3, -0.25) is 9.78 Å². The van der Waals surface area contributed by atoms with Crippen molar-refractivity contribution in [2.45, 2.75) is 58.0 Å². The van der Waals surface area contributed by atoms with Crippen molar-refractivity contribution in [3.63, 3.8) is 0 Å². The molecule has 0 amide bonds.